The molecule has 2 N–H and O–H groups in total. The van der Waals surface area contributed by atoms with E-state index in [4.69, 9.17) is 9.84 Å². The van der Waals surface area contributed by atoms with E-state index in [0.717, 1.165) is 29.7 Å². The summed E-state index contributed by atoms with van der Waals surface area (Å²) >= 11 is 0. The summed E-state index contributed by atoms with van der Waals surface area (Å²) in [6.45, 7) is 2.55. The van der Waals surface area contributed by atoms with Gasteiger partial charge in [-0.2, -0.15) is 0 Å². The van der Waals surface area contributed by atoms with Crippen LogP contribution in [0.3, 0.4) is 0 Å². The first kappa shape index (κ1) is 19.9. The minimum atomic E-state index is -0.729. The van der Waals surface area contributed by atoms with Crippen molar-refractivity contribution >= 4 is 11.9 Å². The number of hydrogen-bond donors (Lipinski definition) is 2. The number of benzene rings is 2. The molecule has 2 aromatic rings. The predicted octanol–water partition coefficient (Wildman–Crippen LogP) is 3.88. The van der Waals surface area contributed by atoms with Gasteiger partial charge < -0.3 is 15.2 Å². The lowest BCUT2D eigenvalue weighted by molar-refractivity contribution is -0.142. The molecular weight excluding hydrogens is 354 g/mol. The molecule has 0 aromatic heterocycles. The minimum absolute atomic E-state index is 0.0326. The molecule has 0 unspecified atom stereocenters. The molecule has 148 valence electrons. The van der Waals surface area contributed by atoms with E-state index in [2.05, 4.69) is 18.3 Å². The molecule has 28 heavy (non-hydrogen) atoms. The van der Waals surface area contributed by atoms with Crippen molar-refractivity contribution < 1.29 is 19.4 Å². The maximum Gasteiger partial charge on any atom is 0.306 e. The van der Waals surface area contributed by atoms with Gasteiger partial charge in [-0.3, -0.25) is 9.59 Å². The Hall–Kier alpha value is -2.82. The second-order valence-corrected chi connectivity index (χ2v) is 7.49. The van der Waals surface area contributed by atoms with Gasteiger partial charge in [0.15, 0.2) is 0 Å². The highest BCUT2D eigenvalue weighted by molar-refractivity contribution is 5.79. The summed E-state index contributed by atoms with van der Waals surface area (Å²) < 4.78 is 5.89. The van der Waals surface area contributed by atoms with Gasteiger partial charge in [-0.15, -0.1) is 0 Å². The van der Waals surface area contributed by atoms with Gasteiger partial charge in [-0.05, 0) is 61.4 Å². The summed E-state index contributed by atoms with van der Waals surface area (Å²) in [6.07, 6.45) is 3.00. The zero-order valence-corrected chi connectivity index (χ0v) is 16.2. The van der Waals surface area contributed by atoms with Gasteiger partial charge in [0.2, 0.25) is 5.91 Å². The number of amides is 1. The van der Waals surface area contributed by atoms with Crippen LogP contribution in [-0.4, -0.2) is 23.0 Å². The van der Waals surface area contributed by atoms with Gasteiger partial charge in [0.05, 0.1) is 12.3 Å². The third-order valence-electron chi connectivity index (χ3n) is 5.36. The van der Waals surface area contributed by atoms with Crippen LogP contribution >= 0.6 is 0 Å². The maximum absolute atomic E-state index is 12.4. The van der Waals surface area contributed by atoms with E-state index < -0.39 is 5.97 Å². The van der Waals surface area contributed by atoms with E-state index in [1.165, 1.54) is 5.56 Å². The zero-order chi connectivity index (χ0) is 19.9. The fraction of sp³-hybridized carbons (Fsp3) is 0.391. The highest BCUT2D eigenvalue weighted by atomic mass is 16.5. The average molecular weight is 381 g/mol. The fourth-order valence-electron chi connectivity index (χ4n) is 3.63. The number of rotatable bonds is 7. The number of carboxylic acids is 1. The quantitative estimate of drug-likeness (QED) is 0.763. The van der Waals surface area contributed by atoms with Crippen LogP contribution in [0.15, 0.2) is 48.5 Å². The molecule has 0 atom stereocenters. The molecule has 0 spiro atoms. The molecule has 5 heteroatoms. The zero-order valence-electron chi connectivity index (χ0n) is 16.2. The van der Waals surface area contributed by atoms with E-state index in [-0.39, 0.29) is 17.9 Å². The van der Waals surface area contributed by atoms with Crippen molar-refractivity contribution in [1.82, 2.24) is 5.32 Å². The van der Waals surface area contributed by atoms with Crippen LogP contribution in [0.4, 0.5) is 0 Å². The van der Waals surface area contributed by atoms with Gasteiger partial charge in [0.1, 0.15) is 12.4 Å². The largest absolute Gasteiger partial charge is 0.489 e. The molecule has 0 bridgehead atoms. The summed E-state index contributed by atoms with van der Waals surface area (Å²) in [7, 11) is 0. The maximum atomic E-state index is 12.4. The molecular formula is C23H27NO4. The van der Waals surface area contributed by atoms with E-state index >= 15 is 0 Å². The van der Waals surface area contributed by atoms with Gasteiger partial charge in [-0.1, -0.05) is 36.4 Å². The Bertz CT molecular complexity index is 825. The number of aryl methyl sites for hydroxylation is 1. The second kappa shape index (κ2) is 9.40. The van der Waals surface area contributed by atoms with Crippen molar-refractivity contribution in [2.45, 2.75) is 51.7 Å². The van der Waals surface area contributed by atoms with Crippen LogP contribution < -0.4 is 10.1 Å². The third kappa shape index (κ3) is 5.59. The SMILES string of the molecule is Cc1ccccc1COc1cccc(CC(=O)NC2CCC(C(=O)O)CC2)c1. The first-order valence-electron chi connectivity index (χ1n) is 9.79. The van der Waals surface area contributed by atoms with E-state index in [1.54, 1.807) is 0 Å². The number of nitrogens with one attached hydrogen (secondary N) is 1. The summed E-state index contributed by atoms with van der Waals surface area (Å²) in [5.74, 6) is -0.284. The molecule has 2 aromatic carbocycles. The molecule has 3 rings (SSSR count). The van der Waals surface area contributed by atoms with E-state index in [1.807, 2.05) is 42.5 Å². The number of aliphatic carboxylic acids is 1. The number of ether oxygens (including phenoxy) is 1. The summed E-state index contributed by atoms with van der Waals surface area (Å²) in [6, 6.07) is 15.8. The van der Waals surface area contributed by atoms with Crippen LogP contribution in [0.25, 0.3) is 0 Å². The van der Waals surface area contributed by atoms with E-state index in [9.17, 15) is 9.59 Å². The molecule has 0 radical (unpaired) electrons. The Morgan fingerprint density at radius 1 is 1.07 bits per heavy atom. The van der Waals surface area contributed by atoms with Crippen molar-refractivity contribution in [1.29, 1.82) is 0 Å². The monoisotopic (exact) mass is 381 g/mol. The standard InChI is InChI=1S/C23H27NO4/c1-16-5-2-3-7-19(16)15-28-21-8-4-6-17(13-21)14-22(25)24-20-11-9-18(10-12-20)23(26)27/h2-8,13,18,20H,9-12,14-15H2,1H3,(H,24,25)(H,26,27). The van der Waals surface area contributed by atoms with Crippen molar-refractivity contribution in [3.05, 3.63) is 65.2 Å². The number of carboxylic acid groups (broad SMARTS) is 1. The summed E-state index contributed by atoms with van der Waals surface area (Å²) in [5.41, 5.74) is 3.23. The Morgan fingerprint density at radius 3 is 2.54 bits per heavy atom. The van der Waals surface area contributed by atoms with Crippen LogP contribution in [0.1, 0.15) is 42.4 Å². The number of hydrogen-bond acceptors (Lipinski definition) is 3. The van der Waals surface area contributed by atoms with Crippen molar-refractivity contribution in [3.63, 3.8) is 0 Å². The normalized spacial score (nSPS) is 19.0. The first-order chi connectivity index (χ1) is 13.5. The highest BCUT2D eigenvalue weighted by Gasteiger charge is 2.26. The van der Waals surface area contributed by atoms with Crippen molar-refractivity contribution in [2.24, 2.45) is 5.92 Å². The topological polar surface area (TPSA) is 75.6 Å². The Morgan fingerprint density at radius 2 is 1.82 bits per heavy atom. The van der Waals surface area contributed by atoms with Crippen molar-refractivity contribution in [2.75, 3.05) is 0 Å². The Labute approximate surface area is 165 Å². The Balaban J connectivity index is 1.49. The highest BCUT2D eigenvalue weighted by Crippen LogP contribution is 2.24. The number of carbonyl (C=O) groups is 2. The second-order valence-electron chi connectivity index (χ2n) is 7.49. The van der Waals surface area contributed by atoms with Gasteiger partial charge in [-0.25, -0.2) is 0 Å². The molecule has 5 nitrogen and oxygen atoms in total. The molecule has 0 aliphatic heterocycles. The minimum Gasteiger partial charge on any atom is -0.489 e. The summed E-state index contributed by atoms with van der Waals surface area (Å²) in [5, 5.41) is 12.1. The van der Waals surface area contributed by atoms with Crippen molar-refractivity contribution in [3.8, 4) is 5.75 Å². The van der Waals surface area contributed by atoms with Crippen LogP contribution in [0.2, 0.25) is 0 Å². The van der Waals surface area contributed by atoms with E-state index in [0.29, 0.717) is 25.9 Å². The van der Waals surface area contributed by atoms with Gasteiger partial charge in [0, 0.05) is 6.04 Å². The smallest absolute Gasteiger partial charge is 0.306 e. The number of carbonyl (C=O) groups excluding carboxylic acids is 1. The predicted molar refractivity (Wildman–Crippen MR) is 107 cm³/mol. The molecule has 0 saturated heterocycles. The van der Waals surface area contributed by atoms with Gasteiger partial charge >= 0.3 is 5.97 Å². The van der Waals surface area contributed by atoms with Gasteiger partial charge in [0.25, 0.3) is 0 Å². The molecule has 0 heterocycles. The molecule has 1 amide bonds. The molecule has 1 saturated carbocycles. The molecule has 1 aliphatic rings. The average Bonchev–Trinajstić information content (AvgIpc) is 2.68. The molecule has 1 fully saturated rings. The fourth-order valence-corrected chi connectivity index (χ4v) is 3.63. The lowest BCUT2D eigenvalue weighted by Gasteiger charge is -2.26. The summed E-state index contributed by atoms with van der Waals surface area (Å²) in [4.78, 5) is 23.4. The first-order valence-corrected chi connectivity index (χ1v) is 9.79. The third-order valence-corrected chi connectivity index (χ3v) is 5.36. The molecule has 1 aliphatic carbocycles. The lowest BCUT2D eigenvalue weighted by atomic mass is 9.86. The Kier molecular flexibility index (Phi) is 6.69. The lowest BCUT2D eigenvalue weighted by Crippen LogP contribution is -2.39. The van der Waals surface area contributed by atoms with Crippen LogP contribution in [-0.2, 0) is 22.6 Å². The van der Waals surface area contributed by atoms with Crippen LogP contribution in [0, 0.1) is 12.8 Å². The van der Waals surface area contributed by atoms with Crippen LogP contribution in [0.5, 0.6) is 5.75 Å².